The van der Waals surface area contributed by atoms with Crippen molar-refractivity contribution in [1.82, 2.24) is 5.32 Å². The predicted molar refractivity (Wildman–Crippen MR) is 74.3 cm³/mol. The van der Waals surface area contributed by atoms with Gasteiger partial charge in [0.25, 0.3) is 0 Å². The molecule has 0 unspecified atom stereocenters. The SMILES string of the molecule is CCOCCC(=O)NC1(c2cccc(Br)c2)CC1. The first-order valence-corrected chi connectivity index (χ1v) is 7.10. The van der Waals surface area contributed by atoms with Gasteiger partial charge in [-0.25, -0.2) is 0 Å². The third-order valence-electron chi connectivity index (χ3n) is 3.18. The van der Waals surface area contributed by atoms with Crippen molar-refractivity contribution in [3.63, 3.8) is 0 Å². The zero-order valence-corrected chi connectivity index (χ0v) is 12.1. The van der Waals surface area contributed by atoms with E-state index in [9.17, 15) is 4.79 Å². The molecule has 3 nitrogen and oxygen atoms in total. The van der Waals surface area contributed by atoms with E-state index in [-0.39, 0.29) is 11.4 Å². The van der Waals surface area contributed by atoms with E-state index in [0.717, 1.165) is 17.3 Å². The highest BCUT2D eigenvalue weighted by atomic mass is 79.9. The fraction of sp³-hybridized carbons (Fsp3) is 0.500. The molecule has 0 atom stereocenters. The fourth-order valence-electron chi connectivity index (χ4n) is 2.04. The lowest BCUT2D eigenvalue weighted by Gasteiger charge is -2.18. The van der Waals surface area contributed by atoms with Gasteiger partial charge in [0.1, 0.15) is 0 Å². The summed E-state index contributed by atoms with van der Waals surface area (Å²) in [5, 5.41) is 3.13. The van der Waals surface area contributed by atoms with Crippen LogP contribution in [0.4, 0.5) is 0 Å². The van der Waals surface area contributed by atoms with E-state index >= 15 is 0 Å². The molecular formula is C14H18BrNO2. The minimum absolute atomic E-state index is 0.0703. The monoisotopic (exact) mass is 311 g/mol. The zero-order chi connectivity index (χ0) is 13.0. The number of rotatable bonds is 6. The second-order valence-electron chi connectivity index (χ2n) is 4.59. The molecule has 0 radical (unpaired) electrons. The van der Waals surface area contributed by atoms with Crippen molar-refractivity contribution in [2.45, 2.75) is 31.7 Å². The van der Waals surface area contributed by atoms with E-state index in [4.69, 9.17) is 4.74 Å². The summed E-state index contributed by atoms with van der Waals surface area (Å²) in [6.07, 6.45) is 2.47. The molecule has 1 aromatic rings. The molecule has 1 fully saturated rings. The van der Waals surface area contributed by atoms with Crippen LogP contribution in [-0.4, -0.2) is 19.1 Å². The topological polar surface area (TPSA) is 38.3 Å². The van der Waals surface area contributed by atoms with Gasteiger partial charge in [-0.1, -0.05) is 28.1 Å². The van der Waals surface area contributed by atoms with Crippen molar-refractivity contribution < 1.29 is 9.53 Å². The van der Waals surface area contributed by atoms with Crippen molar-refractivity contribution in [3.05, 3.63) is 34.3 Å². The highest BCUT2D eigenvalue weighted by Gasteiger charge is 2.45. The normalized spacial score (nSPS) is 16.3. The van der Waals surface area contributed by atoms with E-state index < -0.39 is 0 Å². The molecule has 0 aliphatic heterocycles. The Bertz CT molecular complexity index is 430. The number of nitrogens with one attached hydrogen (secondary N) is 1. The van der Waals surface area contributed by atoms with Gasteiger partial charge in [-0.3, -0.25) is 4.79 Å². The minimum atomic E-state index is -0.132. The van der Waals surface area contributed by atoms with Crippen LogP contribution in [-0.2, 0) is 15.1 Å². The number of halogens is 1. The lowest BCUT2D eigenvalue weighted by Crippen LogP contribution is -2.35. The summed E-state index contributed by atoms with van der Waals surface area (Å²) in [4.78, 5) is 11.8. The van der Waals surface area contributed by atoms with Crippen molar-refractivity contribution in [1.29, 1.82) is 0 Å². The van der Waals surface area contributed by atoms with Crippen LogP contribution in [0.5, 0.6) is 0 Å². The molecule has 0 saturated heterocycles. The van der Waals surface area contributed by atoms with E-state index in [1.165, 1.54) is 5.56 Å². The maximum atomic E-state index is 11.8. The molecule has 0 heterocycles. The minimum Gasteiger partial charge on any atom is -0.381 e. The number of benzene rings is 1. The van der Waals surface area contributed by atoms with Crippen LogP contribution in [0.25, 0.3) is 0 Å². The summed E-state index contributed by atoms with van der Waals surface area (Å²) in [6, 6.07) is 8.15. The number of carbonyl (C=O) groups is 1. The summed E-state index contributed by atoms with van der Waals surface area (Å²) in [7, 11) is 0. The molecule has 1 saturated carbocycles. The molecule has 2 rings (SSSR count). The fourth-order valence-corrected chi connectivity index (χ4v) is 2.43. The number of carbonyl (C=O) groups excluding carboxylic acids is 1. The maximum absolute atomic E-state index is 11.8. The van der Waals surface area contributed by atoms with Gasteiger partial charge >= 0.3 is 0 Å². The second-order valence-corrected chi connectivity index (χ2v) is 5.50. The Morgan fingerprint density at radius 1 is 1.50 bits per heavy atom. The van der Waals surface area contributed by atoms with Gasteiger partial charge < -0.3 is 10.1 Å². The Morgan fingerprint density at radius 3 is 2.89 bits per heavy atom. The molecule has 4 heteroatoms. The molecule has 18 heavy (non-hydrogen) atoms. The van der Waals surface area contributed by atoms with Crippen molar-refractivity contribution in [2.24, 2.45) is 0 Å². The van der Waals surface area contributed by atoms with Crippen LogP contribution >= 0.6 is 15.9 Å². The van der Waals surface area contributed by atoms with Gasteiger partial charge in [0.2, 0.25) is 5.91 Å². The molecule has 0 bridgehead atoms. The smallest absolute Gasteiger partial charge is 0.223 e. The van der Waals surface area contributed by atoms with Crippen LogP contribution < -0.4 is 5.32 Å². The van der Waals surface area contributed by atoms with E-state index in [2.05, 4.69) is 33.4 Å². The molecule has 1 aliphatic rings. The van der Waals surface area contributed by atoms with Crippen molar-refractivity contribution in [2.75, 3.05) is 13.2 Å². The second kappa shape index (κ2) is 5.85. The molecular weight excluding hydrogens is 294 g/mol. The predicted octanol–water partition coefficient (Wildman–Crippen LogP) is 2.98. The highest BCUT2D eigenvalue weighted by Crippen LogP contribution is 2.46. The Hall–Kier alpha value is -0.870. The van der Waals surface area contributed by atoms with Crippen LogP contribution in [0.15, 0.2) is 28.7 Å². The van der Waals surface area contributed by atoms with Crippen LogP contribution in [0.1, 0.15) is 31.7 Å². The van der Waals surface area contributed by atoms with Crippen LogP contribution in [0.2, 0.25) is 0 Å². The van der Waals surface area contributed by atoms with Gasteiger partial charge in [-0.05, 0) is 37.5 Å². The first-order chi connectivity index (χ1) is 8.66. The number of amides is 1. The molecule has 1 aliphatic carbocycles. The summed E-state index contributed by atoms with van der Waals surface area (Å²) in [6.45, 7) is 3.09. The van der Waals surface area contributed by atoms with Crippen molar-refractivity contribution in [3.8, 4) is 0 Å². The van der Waals surface area contributed by atoms with E-state index in [1.807, 2.05) is 19.1 Å². The molecule has 0 spiro atoms. The third kappa shape index (κ3) is 3.33. The Kier molecular flexibility index (Phi) is 4.40. The standard InChI is InChI=1S/C14H18BrNO2/c1-2-18-9-6-13(17)16-14(7-8-14)11-4-3-5-12(15)10-11/h3-5,10H,2,6-9H2,1H3,(H,16,17). The Labute approximate surface area is 116 Å². The summed E-state index contributed by atoms with van der Waals surface area (Å²) >= 11 is 3.47. The van der Waals surface area contributed by atoms with Gasteiger partial charge in [-0.15, -0.1) is 0 Å². The molecule has 1 aromatic carbocycles. The van der Waals surface area contributed by atoms with E-state index in [0.29, 0.717) is 19.6 Å². The lowest BCUT2D eigenvalue weighted by atomic mass is 10.0. The number of ether oxygens (including phenoxy) is 1. The number of hydrogen-bond donors (Lipinski definition) is 1. The maximum Gasteiger partial charge on any atom is 0.223 e. The Morgan fingerprint density at radius 2 is 2.28 bits per heavy atom. The van der Waals surface area contributed by atoms with Gasteiger partial charge in [0.05, 0.1) is 12.1 Å². The van der Waals surface area contributed by atoms with E-state index in [1.54, 1.807) is 0 Å². The average molecular weight is 312 g/mol. The van der Waals surface area contributed by atoms with Gasteiger partial charge in [-0.2, -0.15) is 0 Å². The average Bonchev–Trinajstić information content (AvgIpc) is 3.10. The summed E-state index contributed by atoms with van der Waals surface area (Å²) < 4.78 is 6.25. The molecule has 0 aromatic heterocycles. The lowest BCUT2D eigenvalue weighted by molar-refractivity contribution is -0.123. The van der Waals surface area contributed by atoms with Crippen LogP contribution in [0, 0.1) is 0 Å². The Balaban J connectivity index is 1.94. The highest BCUT2D eigenvalue weighted by molar-refractivity contribution is 9.10. The molecule has 1 N–H and O–H groups in total. The first-order valence-electron chi connectivity index (χ1n) is 6.31. The van der Waals surface area contributed by atoms with Crippen molar-refractivity contribution >= 4 is 21.8 Å². The summed E-state index contributed by atoms with van der Waals surface area (Å²) in [5.41, 5.74) is 1.05. The number of hydrogen-bond acceptors (Lipinski definition) is 2. The largest absolute Gasteiger partial charge is 0.381 e. The third-order valence-corrected chi connectivity index (χ3v) is 3.68. The summed E-state index contributed by atoms with van der Waals surface area (Å²) in [5.74, 6) is 0.0703. The molecule has 98 valence electrons. The quantitative estimate of drug-likeness (QED) is 0.820. The van der Waals surface area contributed by atoms with Gasteiger partial charge in [0, 0.05) is 17.5 Å². The molecule has 1 amide bonds. The zero-order valence-electron chi connectivity index (χ0n) is 10.5. The van der Waals surface area contributed by atoms with Gasteiger partial charge in [0.15, 0.2) is 0 Å². The first kappa shape index (κ1) is 13.6. The van der Waals surface area contributed by atoms with Crippen LogP contribution in [0.3, 0.4) is 0 Å².